The number of hydrogen-bond donors (Lipinski definition) is 1. The quantitative estimate of drug-likeness (QED) is 0.922. The number of piperidine rings is 1. The molecule has 1 aliphatic rings. The van der Waals surface area contributed by atoms with Crippen molar-refractivity contribution in [1.82, 2.24) is 10.3 Å². The summed E-state index contributed by atoms with van der Waals surface area (Å²) < 4.78 is 1.10. The first-order chi connectivity index (χ1) is 8.96. The number of nitrogens with zero attached hydrogens (tertiary/aromatic N) is 2. The van der Waals surface area contributed by atoms with Gasteiger partial charge in [0.15, 0.2) is 0 Å². The van der Waals surface area contributed by atoms with Crippen LogP contribution >= 0.6 is 15.9 Å². The maximum atomic E-state index is 4.14. The molecule has 0 radical (unpaired) electrons. The van der Waals surface area contributed by atoms with E-state index in [1.165, 1.54) is 18.5 Å². The predicted molar refractivity (Wildman–Crippen MR) is 84.6 cm³/mol. The monoisotopic (exact) mass is 325 g/mol. The van der Waals surface area contributed by atoms with Crippen molar-refractivity contribution in [3.05, 3.63) is 22.9 Å². The van der Waals surface area contributed by atoms with Crippen molar-refractivity contribution in [3.8, 4) is 0 Å². The van der Waals surface area contributed by atoms with E-state index < -0.39 is 0 Å². The maximum Gasteiger partial charge on any atom is 0.0592 e. The minimum absolute atomic E-state index is 0.208. The molecule has 1 unspecified atom stereocenters. The third kappa shape index (κ3) is 4.46. The van der Waals surface area contributed by atoms with E-state index >= 15 is 0 Å². The molecule has 3 nitrogen and oxygen atoms in total. The summed E-state index contributed by atoms with van der Waals surface area (Å²) in [6.07, 6.45) is 6.34. The van der Waals surface area contributed by atoms with Gasteiger partial charge in [-0.2, -0.15) is 0 Å². The first-order valence-corrected chi connectivity index (χ1v) is 7.84. The minimum atomic E-state index is 0.208. The number of rotatable bonds is 3. The maximum absolute atomic E-state index is 4.14. The molecular formula is C15H24BrN3. The summed E-state index contributed by atoms with van der Waals surface area (Å²) in [4.78, 5) is 6.62. The van der Waals surface area contributed by atoms with Gasteiger partial charge in [0.05, 0.1) is 10.2 Å². The molecule has 0 bridgehead atoms. The highest BCUT2D eigenvalue weighted by molar-refractivity contribution is 9.10. The van der Waals surface area contributed by atoms with Crippen LogP contribution in [0.5, 0.6) is 0 Å². The molecule has 0 aliphatic carbocycles. The Morgan fingerprint density at radius 1 is 1.47 bits per heavy atom. The third-order valence-electron chi connectivity index (χ3n) is 3.53. The fourth-order valence-electron chi connectivity index (χ4n) is 2.53. The molecule has 106 valence electrons. The zero-order valence-electron chi connectivity index (χ0n) is 12.1. The van der Waals surface area contributed by atoms with E-state index in [1.54, 1.807) is 0 Å². The van der Waals surface area contributed by atoms with Crippen LogP contribution in [0.1, 0.15) is 33.6 Å². The molecule has 0 amide bonds. The lowest BCUT2D eigenvalue weighted by Gasteiger charge is -2.36. The molecule has 19 heavy (non-hydrogen) atoms. The van der Waals surface area contributed by atoms with Crippen molar-refractivity contribution in [2.45, 2.75) is 39.2 Å². The van der Waals surface area contributed by atoms with Crippen LogP contribution in [0.25, 0.3) is 0 Å². The summed E-state index contributed by atoms with van der Waals surface area (Å²) in [6.45, 7) is 10.1. The molecule has 2 heterocycles. The Hall–Kier alpha value is -0.610. The van der Waals surface area contributed by atoms with Gasteiger partial charge >= 0.3 is 0 Å². The Morgan fingerprint density at radius 2 is 2.26 bits per heavy atom. The number of anilines is 1. The van der Waals surface area contributed by atoms with Crippen LogP contribution in [0.15, 0.2) is 22.9 Å². The normalized spacial score (nSPS) is 20.6. The van der Waals surface area contributed by atoms with E-state index in [9.17, 15) is 0 Å². The molecule has 1 atom stereocenters. The minimum Gasteiger partial charge on any atom is -0.370 e. The lowest BCUT2D eigenvalue weighted by molar-refractivity contribution is 0.335. The van der Waals surface area contributed by atoms with Crippen LogP contribution in [0, 0.1) is 5.92 Å². The van der Waals surface area contributed by atoms with Gasteiger partial charge in [-0.25, -0.2) is 0 Å². The summed E-state index contributed by atoms with van der Waals surface area (Å²) in [5.41, 5.74) is 1.48. The topological polar surface area (TPSA) is 28.2 Å². The van der Waals surface area contributed by atoms with Gasteiger partial charge < -0.3 is 10.2 Å². The van der Waals surface area contributed by atoms with Crippen molar-refractivity contribution < 1.29 is 0 Å². The van der Waals surface area contributed by atoms with Crippen LogP contribution in [0.4, 0.5) is 5.69 Å². The van der Waals surface area contributed by atoms with Crippen LogP contribution in [-0.4, -0.2) is 30.2 Å². The average Bonchev–Trinajstić information content (AvgIpc) is 2.36. The fourth-order valence-corrected chi connectivity index (χ4v) is 3.03. The molecule has 1 saturated heterocycles. The van der Waals surface area contributed by atoms with Gasteiger partial charge in [0.25, 0.3) is 0 Å². The van der Waals surface area contributed by atoms with Crippen LogP contribution < -0.4 is 10.2 Å². The average molecular weight is 326 g/mol. The second kappa shape index (κ2) is 6.23. The van der Waals surface area contributed by atoms with Crippen LogP contribution in [0.3, 0.4) is 0 Å². The highest BCUT2D eigenvalue weighted by atomic mass is 79.9. The van der Waals surface area contributed by atoms with Crippen molar-refractivity contribution in [3.63, 3.8) is 0 Å². The van der Waals surface area contributed by atoms with E-state index in [0.29, 0.717) is 0 Å². The molecule has 0 spiro atoms. The molecule has 2 rings (SSSR count). The molecule has 1 N–H and O–H groups in total. The van der Waals surface area contributed by atoms with Crippen molar-refractivity contribution >= 4 is 21.6 Å². The van der Waals surface area contributed by atoms with E-state index in [2.05, 4.69) is 58.0 Å². The molecular weight excluding hydrogens is 302 g/mol. The van der Waals surface area contributed by atoms with Gasteiger partial charge in [-0.05, 0) is 61.5 Å². The number of aromatic nitrogens is 1. The van der Waals surface area contributed by atoms with Crippen LogP contribution in [0.2, 0.25) is 0 Å². The van der Waals surface area contributed by atoms with E-state index in [0.717, 1.165) is 30.0 Å². The van der Waals surface area contributed by atoms with E-state index in [4.69, 9.17) is 0 Å². The van der Waals surface area contributed by atoms with Gasteiger partial charge in [0, 0.05) is 37.6 Å². The molecule has 1 aromatic heterocycles. The lowest BCUT2D eigenvalue weighted by Crippen LogP contribution is -2.44. The molecule has 1 aliphatic heterocycles. The standard InChI is InChI=1S/C15H24BrN3/c1-15(2,3)18-9-12-5-4-8-19(11-12)14-6-7-17-10-13(14)16/h6-7,10,12,18H,4-5,8-9,11H2,1-3H3. The largest absolute Gasteiger partial charge is 0.370 e. The molecule has 1 fully saturated rings. The molecule has 0 saturated carbocycles. The van der Waals surface area contributed by atoms with Crippen molar-refractivity contribution in [1.29, 1.82) is 0 Å². The Balaban J connectivity index is 1.96. The van der Waals surface area contributed by atoms with Crippen LogP contribution in [-0.2, 0) is 0 Å². The van der Waals surface area contributed by atoms with Crippen molar-refractivity contribution in [2.75, 3.05) is 24.5 Å². The predicted octanol–water partition coefficient (Wildman–Crippen LogP) is 3.45. The summed E-state index contributed by atoms with van der Waals surface area (Å²) in [5, 5.41) is 3.63. The Kier molecular flexibility index (Phi) is 4.85. The third-order valence-corrected chi connectivity index (χ3v) is 4.14. The number of hydrogen-bond acceptors (Lipinski definition) is 3. The first-order valence-electron chi connectivity index (χ1n) is 7.05. The highest BCUT2D eigenvalue weighted by Crippen LogP contribution is 2.29. The smallest absolute Gasteiger partial charge is 0.0592 e. The van der Waals surface area contributed by atoms with Gasteiger partial charge in [0.1, 0.15) is 0 Å². The second-order valence-corrected chi connectivity index (χ2v) is 7.27. The summed E-state index contributed by atoms with van der Waals surface area (Å²) >= 11 is 3.60. The molecule has 4 heteroatoms. The second-order valence-electron chi connectivity index (χ2n) is 6.41. The first kappa shape index (κ1) is 14.8. The summed E-state index contributed by atoms with van der Waals surface area (Å²) in [7, 11) is 0. The van der Waals surface area contributed by atoms with Gasteiger partial charge in [0.2, 0.25) is 0 Å². The van der Waals surface area contributed by atoms with Crippen molar-refractivity contribution in [2.24, 2.45) is 5.92 Å². The van der Waals surface area contributed by atoms with Gasteiger partial charge in [-0.3, -0.25) is 4.98 Å². The number of halogens is 1. The zero-order valence-corrected chi connectivity index (χ0v) is 13.7. The zero-order chi connectivity index (χ0) is 13.9. The van der Waals surface area contributed by atoms with E-state index in [-0.39, 0.29) is 5.54 Å². The molecule has 0 aromatic carbocycles. The fraction of sp³-hybridized carbons (Fsp3) is 0.667. The summed E-state index contributed by atoms with van der Waals surface area (Å²) in [6, 6.07) is 2.10. The Morgan fingerprint density at radius 3 is 2.95 bits per heavy atom. The van der Waals surface area contributed by atoms with E-state index in [1.807, 2.05) is 12.4 Å². The Labute approximate surface area is 124 Å². The van der Waals surface area contributed by atoms with Gasteiger partial charge in [-0.1, -0.05) is 0 Å². The summed E-state index contributed by atoms with van der Waals surface area (Å²) in [5.74, 6) is 0.730. The SMILES string of the molecule is CC(C)(C)NCC1CCCN(c2ccncc2Br)C1. The number of pyridine rings is 1. The molecule has 1 aromatic rings. The number of nitrogens with one attached hydrogen (secondary N) is 1. The van der Waals surface area contributed by atoms with Gasteiger partial charge in [-0.15, -0.1) is 0 Å². The lowest BCUT2D eigenvalue weighted by atomic mass is 9.96. The highest BCUT2D eigenvalue weighted by Gasteiger charge is 2.22. The Bertz CT molecular complexity index is 414.